The maximum Gasteiger partial charge on any atom is 0.324 e. The Morgan fingerprint density at radius 3 is 2.62 bits per heavy atom. The van der Waals surface area contributed by atoms with Crippen LogP contribution in [0.4, 0.5) is 0 Å². The highest BCUT2D eigenvalue weighted by atomic mass is 16.4. The minimum absolute atomic E-state index is 0.568. The van der Waals surface area contributed by atoms with E-state index in [0.29, 0.717) is 6.54 Å². The van der Waals surface area contributed by atoms with Crippen molar-refractivity contribution in [2.75, 3.05) is 26.7 Å². The van der Waals surface area contributed by atoms with Crippen LogP contribution in [0.2, 0.25) is 0 Å². The molecule has 1 rings (SSSR count). The number of likely N-dealkylation sites (N-methyl/N-ethyl adjacent to an activating group) is 1. The minimum atomic E-state index is -0.820. The van der Waals surface area contributed by atoms with Crippen LogP contribution in [0, 0.1) is 5.92 Å². The van der Waals surface area contributed by atoms with Crippen molar-refractivity contribution in [1.82, 2.24) is 10.2 Å². The highest BCUT2D eigenvalue weighted by molar-refractivity contribution is 5.78. The van der Waals surface area contributed by atoms with Gasteiger partial charge in [-0.1, -0.05) is 6.92 Å². The van der Waals surface area contributed by atoms with Crippen LogP contribution >= 0.6 is 0 Å². The van der Waals surface area contributed by atoms with Crippen LogP contribution in [0.25, 0.3) is 0 Å². The SMILES string of the molecule is CCCNC(C)(CN(C)CC1CC1)C(=O)O. The van der Waals surface area contributed by atoms with Crippen molar-refractivity contribution in [3.8, 4) is 0 Å². The molecule has 1 atom stereocenters. The average Bonchev–Trinajstić information content (AvgIpc) is 2.98. The van der Waals surface area contributed by atoms with Crippen molar-refractivity contribution < 1.29 is 9.90 Å². The van der Waals surface area contributed by atoms with E-state index in [2.05, 4.69) is 10.2 Å². The maximum absolute atomic E-state index is 11.3. The van der Waals surface area contributed by atoms with Crippen LogP contribution < -0.4 is 5.32 Å². The number of carboxylic acids is 1. The van der Waals surface area contributed by atoms with Gasteiger partial charge in [0, 0.05) is 13.1 Å². The van der Waals surface area contributed by atoms with Crippen LogP contribution in [-0.4, -0.2) is 48.2 Å². The van der Waals surface area contributed by atoms with E-state index in [0.717, 1.165) is 25.4 Å². The largest absolute Gasteiger partial charge is 0.480 e. The van der Waals surface area contributed by atoms with Crippen LogP contribution in [0.15, 0.2) is 0 Å². The number of carboxylic acid groups (broad SMARTS) is 1. The monoisotopic (exact) mass is 228 g/mol. The molecule has 1 saturated carbocycles. The third-order valence-corrected chi connectivity index (χ3v) is 3.09. The van der Waals surface area contributed by atoms with E-state index in [9.17, 15) is 9.90 Å². The summed E-state index contributed by atoms with van der Waals surface area (Å²) in [5, 5.41) is 12.4. The molecule has 0 aromatic rings. The first-order chi connectivity index (χ1) is 7.48. The summed E-state index contributed by atoms with van der Waals surface area (Å²) in [5.41, 5.74) is -0.820. The van der Waals surface area contributed by atoms with E-state index in [-0.39, 0.29) is 0 Å². The van der Waals surface area contributed by atoms with E-state index >= 15 is 0 Å². The summed E-state index contributed by atoms with van der Waals surface area (Å²) in [7, 11) is 2.01. The molecule has 0 saturated heterocycles. The zero-order valence-electron chi connectivity index (χ0n) is 10.6. The summed E-state index contributed by atoms with van der Waals surface area (Å²) in [5.74, 6) is 0.0396. The lowest BCUT2D eigenvalue weighted by Gasteiger charge is -2.31. The summed E-state index contributed by atoms with van der Waals surface area (Å²) < 4.78 is 0. The fourth-order valence-electron chi connectivity index (χ4n) is 1.95. The number of aliphatic carboxylic acids is 1. The summed E-state index contributed by atoms with van der Waals surface area (Å²) in [6.07, 6.45) is 3.56. The average molecular weight is 228 g/mol. The van der Waals surface area contributed by atoms with Gasteiger partial charge in [-0.15, -0.1) is 0 Å². The molecule has 1 aliphatic rings. The summed E-state index contributed by atoms with van der Waals surface area (Å²) in [4.78, 5) is 13.4. The van der Waals surface area contributed by atoms with Crippen LogP contribution in [-0.2, 0) is 4.79 Å². The Hall–Kier alpha value is -0.610. The van der Waals surface area contributed by atoms with Gasteiger partial charge in [-0.05, 0) is 45.7 Å². The highest BCUT2D eigenvalue weighted by Gasteiger charge is 2.34. The van der Waals surface area contributed by atoms with Crippen LogP contribution in [0.3, 0.4) is 0 Å². The summed E-state index contributed by atoms with van der Waals surface area (Å²) in [6, 6.07) is 0. The highest BCUT2D eigenvalue weighted by Crippen LogP contribution is 2.29. The van der Waals surface area contributed by atoms with Gasteiger partial charge in [0.2, 0.25) is 0 Å². The Balaban J connectivity index is 2.43. The van der Waals surface area contributed by atoms with Gasteiger partial charge in [-0.25, -0.2) is 0 Å². The summed E-state index contributed by atoms with van der Waals surface area (Å²) in [6.45, 7) is 6.16. The minimum Gasteiger partial charge on any atom is -0.480 e. The number of hydrogen-bond acceptors (Lipinski definition) is 3. The standard InChI is InChI=1S/C12H24N2O2/c1-4-7-13-12(2,11(15)16)9-14(3)8-10-5-6-10/h10,13H,4-9H2,1-3H3,(H,15,16). The van der Waals surface area contributed by atoms with Gasteiger partial charge in [0.1, 0.15) is 5.54 Å². The van der Waals surface area contributed by atoms with Crippen molar-refractivity contribution in [1.29, 1.82) is 0 Å². The van der Waals surface area contributed by atoms with Gasteiger partial charge in [0.25, 0.3) is 0 Å². The molecule has 0 amide bonds. The van der Waals surface area contributed by atoms with E-state index in [4.69, 9.17) is 0 Å². The van der Waals surface area contributed by atoms with Crippen molar-refractivity contribution in [2.24, 2.45) is 5.92 Å². The lowest BCUT2D eigenvalue weighted by molar-refractivity contribution is -0.144. The quantitative estimate of drug-likeness (QED) is 0.655. The molecule has 0 spiro atoms. The molecule has 4 nitrogen and oxygen atoms in total. The van der Waals surface area contributed by atoms with Crippen molar-refractivity contribution >= 4 is 5.97 Å². The van der Waals surface area contributed by atoms with Gasteiger partial charge < -0.3 is 15.3 Å². The second kappa shape index (κ2) is 5.64. The Morgan fingerprint density at radius 2 is 2.19 bits per heavy atom. The van der Waals surface area contributed by atoms with E-state index < -0.39 is 11.5 Å². The number of nitrogens with zero attached hydrogens (tertiary/aromatic N) is 1. The fourth-order valence-corrected chi connectivity index (χ4v) is 1.95. The fraction of sp³-hybridized carbons (Fsp3) is 0.917. The normalized spacial score (nSPS) is 19.8. The molecule has 1 fully saturated rings. The number of hydrogen-bond donors (Lipinski definition) is 2. The Morgan fingerprint density at radius 1 is 1.56 bits per heavy atom. The van der Waals surface area contributed by atoms with Gasteiger partial charge in [-0.2, -0.15) is 0 Å². The maximum atomic E-state index is 11.3. The molecule has 0 bridgehead atoms. The molecular formula is C12H24N2O2. The molecule has 0 aromatic carbocycles. The molecule has 0 radical (unpaired) electrons. The predicted molar refractivity (Wildman–Crippen MR) is 64.6 cm³/mol. The first-order valence-corrected chi connectivity index (χ1v) is 6.15. The van der Waals surface area contributed by atoms with Crippen molar-refractivity contribution in [3.63, 3.8) is 0 Å². The topological polar surface area (TPSA) is 52.6 Å². The lowest BCUT2D eigenvalue weighted by atomic mass is 10.0. The van der Waals surface area contributed by atoms with Crippen LogP contribution in [0.5, 0.6) is 0 Å². The molecule has 94 valence electrons. The van der Waals surface area contributed by atoms with Gasteiger partial charge in [-0.3, -0.25) is 4.79 Å². The van der Waals surface area contributed by atoms with Gasteiger partial charge >= 0.3 is 5.97 Å². The summed E-state index contributed by atoms with van der Waals surface area (Å²) >= 11 is 0. The van der Waals surface area contributed by atoms with Crippen LogP contribution in [0.1, 0.15) is 33.1 Å². The Labute approximate surface area is 98.0 Å². The van der Waals surface area contributed by atoms with E-state index in [1.165, 1.54) is 12.8 Å². The molecule has 0 aliphatic heterocycles. The zero-order chi connectivity index (χ0) is 12.2. The Bertz CT molecular complexity index is 241. The van der Waals surface area contributed by atoms with E-state index in [1.807, 2.05) is 14.0 Å². The second-order valence-electron chi connectivity index (χ2n) is 5.20. The number of nitrogens with one attached hydrogen (secondary N) is 1. The van der Waals surface area contributed by atoms with Crippen molar-refractivity contribution in [2.45, 2.75) is 38.6 Å². The van der Waals surface area contributed by atoms with E-state index in [1.54, 1.807) is 6.92 Å². The molecule has 0 heterocycles. The third-order valence-electron chi connectivity index (χ3n) is 3.09. The lowest BCUT2D eigenvalue weighted by Crippen LogP contribution is -2.56. The smallest absolute Gasteiger partial charge is 0.324 e. The molecule has 2 N–H and O–H groups in total. The molecular weight excluding hydrogens is 204 g/mol. The van der Waals surface area contributed by atoms with Crippen molar-refractivity contribution in [3.05, 3.63) is 0 Å². The zero-order valence-corrected chi connectivity index (χ0v) is 10.6. The van der Waals surface area contributed by atoms with Gasteiger partial charge in [0.15, 0.2) is 0 Å². The molecule has 16 heavy (non-hydrogen) atoms. The Kier molecular flexibility index (Phi) is 4.74. The number of rotatable bonds is 8. The van der Waals surface area contributed by atoms with Gasteiger partial charge in [0.05, 0.1) is 0 Å². The number of carbonyl (C=O) groups is 1. The first-order valence-electron chi connectivity index (χ1n) is 6.15. The first kappa shape index (κ1) is 13.5. The third kappa shape index (κ3) is 4.10. The second-order valence-corrected chi connectivity index (χ2v) is 5.20. The molecule has 1 aliphatic carbocycles. The molecule has 4 heteroatoms. The predicted octanol–water partition coefficient (Wildman–Crippen LogP) is 1.17. The molecule has 0 aromatic heterocycles. The molecule has 1 unspecified atom stereocenters.